The van der Waals surface area contributed by atoms with Crippen LogP contribution in [0.5, 0.6) is 0 Å². The first-order valence-electron chi connectivity index (χ1n) is 10.8. The minimum atomic E-state index is -1.14. The Labute approximate surface area is 195 Å². The summed E-state index contributed by atoms with van der Waals surface area (Å²) in [5.41, 5.74) is 8.61. The van der Waals surface area contributed by atoms with E-state index in [1.165, 1.54) is 13.0 Å². The number of carbonyl (C=O) groups excluding carboxylic acids is 3. The van der Waals surface area contributed by atoms with E-state index in [2.05, 4.69) is 5.32 Å². The van der Waals surface area contributed by atoms with Gasteiger partial charge in [-0.3, -0.25) is 14.4 Å². The molecule has 1 unspecified atom stereocenters. The van der Waals surface area contributed by atoms with Gasteiger partial charge in [0.2, 0.25) is 11.8 Å². The standard InChI is InChI=1S/C26H23F2N3O3/c1-14-16-7-3-4-8-17(16)24-21(29)11-6-12-22(24)31(25(14)33)26(34)15(2)30-23(32)13-18-19(27)9-5-10-20(18)28/h3-12,14-15H,13,29H2,1-2H3,(H,30,32)/t14?,15-/m0/s1. The van der Waals surface area contributed by atoms with E-state index in [1.807, 2.05) is 24.3 Å². The zero-order chi connectivity index (χ0) is 24.6. The molecule has 0 saturated heterocycles. The number of imide groups is 1. The van der Waals surface area contributed by atoms with E-state index >= 15 is 0 Å². The second kappa shape index (κ2) is 9.05. The molecule has 2 atom stereocenters. The Morgan fingerprint density at radius 1 is 1.03 bits per heavy atom. The number of hydrogen-bond donors (Lipinski definition) is 2. The van der Waals surface area contributed by atoms with Gasteiger partial charge in [0.25, 0.3) is 5.91 Å². The number of anilines is 2. The Kier molecular flexibility index (Phi) is 6.15. The summed E-state index contributed by atoms with van der Waals surface area (Å²) in [4.78, 5) is 40.4. The second-order valence-electron chi connectivity index (χ2n) is 8.23. The number of hydrogen-bond acceptors (Lipinski definition) is 4. The summed E-state index contributed by atoms with van der Waals surface area (Å²) in [5, 5.41) is 2.46. The van der Waals surface area contributed by atoms with Crippen LogP contribution in [0.15, 0.2) is 60.7 Å². The van der Waals surface area contributed by atoms with Gasteiger partial charge in [-0.2, -0.15) is 0 Å². The zero-order valence-electron chi connectivity index (χ0n) is 18.6. The summed E-state index contributed by atoms with van der Waals surface area (Å²) in [7, 11) is 0. The van der Waals surface area contributed by atoms with E-state index in [-0.39, 0.29) is 0 Å². The van der Waals surface area contributed by atoms with Crippen molar-refractivity contribution in [3.63, 3.8) is 0 Å². The first-order chi connectivity index (χ1) is 16.2. The van der Waals surface area contributed by atoms with Crippen LogP contribution >= 0.6 is 0 Å². The fourth-order valence-electron chi connectivity index (χ4n) is 4.22. The maximum Gasteiger partial charge on any atom is 0.256 e. The molecule has 3 N–H and O–H groups in total. The summed E-state index contributed by atoms with van der Waals surface area (Å²) in [6.07, 6.45) is -0.588. The van der Waals surface area contributed by atoms with Gasteiger partial charge in [-0.1, -0.05) is 36.4 Å². The number of nitrogens with two attached hydrogens (primary N) is 1. The van der Waals surface area contributed by atoms with Gasteiger partial charge in [0.15, 0.2) is 0 Å². The molecule has 6 nitrogen and oxygen atoms in total. The summed E-state index contributed by atoms with van der Waals surface area (Å²) in [5.74, 6) is -4.26. The normalized spacial score (nSPS) is 15.7. The maximum absolute atomic E-state index is 13.9. The van der Waals surface area contributed by atoms with Crippen molar-refractivity contribution in [1.82, 2.24) is 5.32 Å². The quantitative estimate of drug-likeness (QED) is 0.574. The molecule has 0 fully saturated rings. The lowest BCUT2D eigenvalue weighted by Crippen LogP contribution is -2.50. The van der Waals surface area contributed by atoms with Crippen LogP contribution in [0.1, 0.15) is 30.9 Å². The molecule has 8 heteroatoms. The fourth-order valence-corrected chi connectivity index (χ4v) is 4.22. The van der Waals surface area contributed by atoms with Crippen molar-refractivity contribution < 1.29 is 23.2 Å². The molecule has 3 amide bonds. The highest BCUT2D eigenvalue weighted by molar-refractivity contribution is 6.22. The largest absolute Gasteiger partial charge is 0.398 e. The molecule has 1 aliphatic heterocycles. The zero-order valence-corrected chi connectivity index (χ0v) is 18.6. The van der Waals surface area contributed by atoms with Crippen LogP contribution in [0.4, 0.5) is 20.2 Å². The van der Waals surface area contributed by atoms with Crippen molar-refractivity contribution in [3.05, 3.63) is 83.4 Å². The topological polar surface area (TPSA) is 92.5 Å². The minimum Gasteiger partial charge on any atom is -0.398 e. The van der Waals surface area contributed by atoms with Crippen molar-refractivity contribution in [2.75, 3.05) is 10.6 Å². The van der Waals surface area contributed by atoms with Crippen LogP contribution in [0.3, 0.4) is 0 Å². The molecule has 0 aliphatic carbocycles. The minimum absolute atomic E-state index is 0.313. The van der Waals surface area contributed by atoms with Gasteiger partial charge >= 0.3 is 0 Å². The number of carbonyl (C=O) groups is 3. The average Bonchev–Trinajstić information content (AvgIpc) is 2.90. The number of fused-ring (bicyclic) bond motifs is 3. The predicted molar refractivity (Wildman–Crippen MR) is 125 cm³/mol. The van der Waals surface area contributed by atoms with Gasteiger partial charge in [-0.25, -0.2) is 13.7 Å². The third-order valence-corrected chi connectivity index (χ3v) is 5.97. The smallest absolute Gasteiger partial charge is 0.256 e. The molecule has 0 radical (unpaired) electrons. The van der Waals surface area contributed by atoms with Crippen molar-refractivity contribution >= 4 is 29.1 Å². The van der Waals surface area contributed by atoms with Gasteiger partial charge in [0.1, 0.15) is 17.7 Å². The number of nitrogens with one attached hydrogen (secondary N) is 1. The van der Waals surface area contributed by atoms with Crippen LogP contribution in [-0.4, -0.2) is 23.8 Å². The highest BCUT2D eigenvalue weighted by atomic mass is 19.1. The van der Waals surface area contributed by atoms with Gasteiger partial charge in [0, 0.05) is 16.8 Å². The Hall–Kier alpha value is -4.07. The van der Waals surface area contributed by atoms with Gasteiger partial charge in [-0.05, 0) is 49.2 Å². The van der Waals surface area contributed by atoms with Crippen molar-refractivity contribution in [1.29, 1.82) is 0 Å². The molecule has 0 bridgehead atoms. The van der Waals surface area contributed by atoms with E-state index < -0.39 is 53.3 Å². The van der Waals surface area contributed by atoms with E-state index in [4.69, 9.17) is 5.73 Å². The van der Waals surface area contributed by atoms with E-state index in [0.717, 1.165) is 28.2 Å². The van der Waals surface area contributed by atoms with Crippen molar-refractivity contribution in [3.8, 4) is 11.1 Å². The monoisotopic (exact) mass is 463 g/mol. The highest BCUT2D eigenvalue weighted by Crippen LogP contribution is 2.44. The number of rotatable bonds is 4. The van der Waals surface area contributed by atoms with Crippen LogP contribution in [0.2, 0.25) is 0 Å². The number of halogens is 2. The van der Waals surface area contributed by atoms with E-state index in [9.17, 15) is 23.2 Å². The molecular formula is C26H23F2N3O3. The highest BCUT2D eigenvalue weighted by Gasteiger charge is 2.37. The molecule has 0 aromatic heterocycles. The van der Waals surface area contributed by atoms with Crippen LogP contribution in [0, 0.1) is 11.6 Å². The third kappa shape index (κ3) is 4.03. The first kappa shape index (κ1) is 23.1. The number of nitrogen functional groups attached to an aromatic ring is 1. The van der Waals surface area contributed by atoms with Crippen molar-refractivity contribution in [2.24, 2.45) is 0 Å². The molecule has 1 aliphatic rings. The molecule has 0 spiro atoms. The molecule has 34 heavy (non-hydrogen) atoms. The Bertz CT molecular complexity index is 1290. The SMILES string of the molecule is CC1C(=O)N(C(=O)[C@H](C)NC(=O)Cc2c(F)cccc2F)c2cccc(N)c2-c2ccccc21. The molecular weight excluding hydrogens is 440 g/mol. The molecule has 1 heterocycles. The average molecular weight is 463 g/mol. The number of benzene rings is 3. The Morgan fingerprint density at radius 3 is 2.38 bits per heavy atom. The number of nitrogens with zero attached hydrogens (tertiary/aromatic N) is 1. The Balaban J connectivity index is 1.66. The number of amides is 3. The summed E-state index contributed by atoms with van der Waals surface area (Å²) >= 11 is 0. The van der Waals surface area contributed by atoms with E-state index in [0.29, 0.717) is 16.9 Å². The van der Waals surface area contributed by atoms with Gasteiger partial charge in [-0.15, -0.1) is 0 Å². The van der Waals surface area contributed by atoms with Crippen LogP contribution in [-0.2, 0) is 20.8 Å². The van der Waals surface area contributed by atoms with Crippen LogP contribution < -0.4 is 16.0 Å². The lowest BCUT2D eigenvalue weighted by molar-refractivity contribution is -0.131. The molecule has 3 aromatic rings. The van der Waals surface area contributed by atoms with Crippen LogP contribution in [0.25, 0.3) is 11.1 Å². The van der Waals surface area contributed by atoms with Gasteiger partial charge < -0.3 is 11.1 Å². The molecule has 174 valence electrons. The predicted octanol–water partition coefficient (Wildman–Crippen LogP) is 3.94. The molecule has 3 aromatic carbocycles. The van der Waals surface area contributed by atoms with Crippen molar-refractivity contribution in [2.45, 2.75) is 32.2 Å². The fraction of sp³-hybridized carbons (Fsp3) is 0.192. The lowest BCUT2D eigenvalue weighted by Gasteiger charge is -2.26. The maximum atomic E-state index is 13.9. The lowest BCUT2D eigenvalue weighted by atomic mass is 9.92. The van der Waals surface area contributed by atoms with E-state index in [1.54, 1.807) is 25.1 Å². The summed E-state index contributed by atoms with van der Waals surface area (Å²) < 4.78 is 27.8. The second-order valence-corrected chi connectivity index (χ2v) is 8.23. The molecule has 0 saturated carbocycles. The summed E-state index contributed by atoms with van der Waals surface area (Å²) in [6, 6.07) is 14.4. The molecule has 4 rings (SSSR count). The first-order valence-corrected chi connectivity index (χ1v) is 10.8. The third-order valence-electron chi connectivity index (χ3n) is 5.97. The Morgan fingerprint density at radius 2 is 1.68 bits per heavy atom. The summed E-state index contributed by atoms with van der Waals surface area (Å²) in [6.45, 7) is 3.12. The van der Waals surface area contributed by atoms with Gasteiger partial charge in [0.05, 0.1) is 18.0 Å².